The quantitative estimate of drug-likeness (QED) is 0.383. The third kappa shape index (κ3) is 7.78. The first-order valence-corrected chi connectivity index (χ1v) is 13.3. The highest BCUT2D eigenvalue weighted by molar-refractivity contribution is 6.30. The van der Waals surface area contributed by atoms with Crippen molar-refractivity contribution >= 4 is 23.3 Å². The van der Waals surface area contributed by atoms with E-state index in [1.54, 1.807) is 18.5 Å². The monoisotopic (exact) mass is 504 g/mol. The third-order valence-electron chi connectivity index (χ3n) is 6.94. The van der Waals surface area contributed by atoms with Crippen molar-refractivity contribution < 1.29 is 9.18 Å². The lowest BCUT2D eigenvalue weighted by molar-refractivity contribution is -0.120. The van der Waals surface area contributed by atoms with E-state index in [1.165, 1.54) is 0 Å². The molecular weight excluding hydrogens is 463 g/mol. The smallest absolute Gasteiger partial charge is 0.228 e. The van der Waals surface area contributed by atoms with E-state index in [0.29, 0.717) is 11.7 Å². The summed E-state index contributed by atoms with van der Waals surface area (Å²) in [7, 11) is 0. The van der Waals surface area contributed by atoms with Crippen molar-refractivity contribution in [2.24, 2.45) is 17.3 Å². The molecule has 194 valence electrons. The minimum absolute atomic E-state index is 0.0312. The summed E-state index contributed by atoms with van der Waals surface area (Å²) in [6, 6.07) is 3.33. The van der Waals surface area contributed by atoms with Crippen LogP contribution in [0.1, 0.15) is 78.4 Å². The Hall–Kier alpha value is -1.92. The van der Waals surface area contributed by atoms with Crippen molar-refractivity contribution in [3.63, 3.8) is 0 Å². The molecule has 0 aliphatic heterocycles. The Balaban J connectivity index is 1.60. The summed E-state index contributed by atoms with van der Waals surface area (Å²) in [4.78, 5) is 17.7. The molecule has 0 fully saturated rings. The molecule has 1 aromatic heterocycles. The van der Waals surface area contributed by atoms with Crippen LogP contribution >= 0.6 is 11.6 Å². The van der Waals surface area contributed by atoms with E-state index < -0.39 is 0 Å². The van der Waals surface area contributed by atoms with E-state index in [9.17, 15) is 9.18 Å². The van der Waals surface area contributed by atoms with E-state index in [0.717, 1.165) is 62.7 Å². The lowest BCUT2D eigenvalue weighted by atomic mass is 9.78. The topological polar surface area (TPSA) is 59.0 Å². The second kappa shape index (κ2) is 11.4. The average Bonchev–Trinajstić information content (AvgIpc) is 3.23. The molecule has 5 nitrogen and oxygen atoms in total. The van der Waals surface area contributed by atoms with Gasteiger partial charge in [0.25, 0.3) is 0 Å². The van der Waals surface area contributed by atoms with E-state index in [4.69, 9.17) is 11.6 Å². The molecule has 2 unspecified atom stereocenters. The van der Waals surface area contributed by atoms with Crippen LogP contribution in [0.25, 0.3) is 0 Å². The van der Waals surface area contributed by atoms with E-state index in [1.807, 2.05) is 6.20 Å². The number of anilines is 1. The number of nitrogens with zero attached hydrogens (tertiary/aromatic N) is 2. The van der Waals surface area contributed by atoms with Gasteiger partial charge in [-0.2, -0.15) is 0 Å². The predicted octanol–water partition coefficient (Wildman–Crippen LogP) is 6.60. The summed E-state index contributed by atoms with van der Waals surface area (Å²) in [5.41, 5.74) is 2.22. The number of aromatic nitrogens is 2. The molecule has 2 atom stereocenters. The lowest BCUT2D eigenvalue weighted by Crippen LogP contribution is -2.40. The van der Waals surface area contributed by atoms with Gasteiger partial charge < -0.3 is 15.2 Å². The number of hydrogen-bond acceptors (Lipinski definition) is 3. The van der Waals surface area contributed by atoms with E-state index >= 15 is 0 Å². The molecule has 3 rings (SSSR count). The molecule has 2 aromatic rings. The average molecular weight is 505 g/mol. The minimum atomic E-state index is -0.347. The highest BCUT2D eigenvalue weighted by Crippen LogP contribution is 2.34. The van der Waals surface area contributed by atoms with Crippen LogP contribution in [0.3, 0.4) is 0 Å². The first-order chi connectivity index (χ1) is 16.4. The number of carbonyl (C=O) groups excluding carboxylic acids is 1. The first kappa shape index (κ1) is 27.7. The van der Waals surface area contributed by atoms with Gasteiger partial charge in [0.2, 0.25) is 5.91 Å². The number of rotatable bonds is 10. The van der Waals surface area contributed by atoms with E-state index in [2.05, 4.69) is 61.7 Å². The Morgan fingerprint density at radius 1 is 1.23 bits per heavy atom. The molecule has 0 radical (unpaired) electrons. The largest absolute Gasteiger partial charge is 0.328 e. The molecule has 0 bridgehead atoms. The highest BCUT2D eigenvalue weighted by atomic mass is 35.5. The zero-order chi connectivity index (χ0) is 25.8. The Morgan fingerprint density at radius 3 is 2.66 bits per heavy atom. The van der Waals surface area contributed by atoms with Crippen LogP contribution < -0.4 is 10.6 Å². The van der Waals surface area contributed by atoms with Gasteiger partial charge in [-0.25, -0.2) is 9.37 Å². The van der Waals surface area contributed by atoms with Gasteiger partial charge in [-0.05, 0) is 80.5 Å². The molecule has 0 saturated heterocycles. The summed E-state index contributed by atoms with van der Waals surface area (Å²) in [5, 5.41) is 6.79. The molecule has 1 aromatic carbocycles. The fraction of sp³-hybridized carbons (Fsp3) is 0.643. The van der Waals surface area contributed by atoms with Gasteiger partial charge in [-0.3, -0.25) is 4.79 Å². The number of aryl methyl sites for hydroxylation is 1. The van der Waals surface area contributed by atoms with Crippen LogP contribution in [-0.4, -0.2) is 28.5 Å². The molecule has 2 N–H and O–H groups in total. The van der Waals surface area contributed by atoms with Gasteiger partial charge in [0.1, 0.15) is 5.82 Å². The standard InChI is InChI=1S/C28H42ClFN4O/c1-7-8-21(11-19-9-10-20-14-24(30)23(29)13-22(20)12-19)26(35)33-25-15-34(18-32-25)28(5,6)17-31-16-27(2,3)4/h13-15,18-19,21,31H,7-12,16-17H2,1-6H3,(H,33,35). The van der Waals surface area contributed by atoms with Crippen LogP contribution in [0.5, 0.6) is 0 Å². The van der Waals surface area contributed by atoms with Gasteiger partial charge in [0.05, 0.1) is 16.9 Å². The number of imidazole rings is 1. The summed E-state index contributed by atoms with van der Waals surface area (Å²) in [6.45, 7) is 14.8. The van der Waals surface area contributed by atoms with Gasteiger partial charge in [0, 0.05) is 25.2 Å². The number of amides is 1. The second-order valence-electron chi connectivity index (χ2n) is 12.0. The molecule has 0 saturated carbocycles. The van der Waals surface area contributed by atoms with Crippen molar-refractivity contribution in [2.75, 3.05) is 18.4 Å². The fourth-order valence-electron chi connectivity index (χ4n) is 4.91. The van der Waals surface area contributed by atoms with Crippen molar-refractivity contribution in [3.05, 3.63) is 46.6 Å². The van der Waals surface area contributed by atoms with Gasteiger partial charge in [0.15, 0.2) is 5.82 Å². The number of halogens is 2. The highest BCUT2D eigenvalue weighted by Gasteiger charge is 2.27. The van der Waals surface area contributed by atoms with Crippen LogP contribution in [0.2, 0.25) is 5.02 Å². The number of fused-ring (bicyclic) bond motifs is 1. The fourth-order valence-corrected chi connectivity index (χ4v) is 5.10. The summed E-state index contributed by atoms with van der Waals surface area (Å²) in [6.07, 6.45) is 8.95. The van der Waals surface area contributed by atoms with Crippen LogP contribution in [-0.2, 0) is 23.2 Å². The van der Waals surface area contributed by atoms with Crippen LogP contribution in [0.15, 0.2) is 24.7 Å². The summed E-state index contributed by atoms with van der Waals surface area (Å²) < 4.78 is 15.9. The maximum atomic E-state index is 13.8. The zero-order valence-corrected chi connectivity index (χ0v) is 22.9. The molecule has 0 spiro atoms. The second-order valence-corrected chi connectivity index (χ2v) is 12.4. The van der Waals surface area contributed by atoms with Gasteiger partial charge in [-0.1, -0.05) is 45.7 Å². The lowest BCUT2D eigenvalue weighted by Gasteiger charge is -2.29. The Morgan fingerprint density at radius 2 is 1.97 bits per heavy atom. The van der Waals surface area contributed by atoms with Crippen LogP contribution in [0, 0.1) is 23.1 Å². The number of carbonyl (C=O) groups is 1. The van der Waals surface area contributed by atoms with E-state index in [-0.39, 0.29) is 33.6 Å². The van der Waals surface area contributed by atoms with Crippen LogP contribution in [0.4, 0.5) is 10.2 Å². The Kier molecular flexibility index (Phi) is 9.03. The van der Waals surface area contributed by atoms with Crippen molar-refractivity contribution in [2.45, 2.75) is 85.6 Å². The normalized spacial score (nSPS) is 17.2. The van der Waals surface area contributed by atoms with Gasteiger partial charge >= 0.3 is 0 Å². The number of benzene rings is 1. The van der Waals surface area contributed by atoms with Crippen molar-refractivity contribution in [1.82, 2.24) is 14.9 Å². The third-order valence-corrected chi connectivity index (χ3v) is 7.23. The molecule has 1 aliphatic rings. The molecule has 7 heteroatoms. The molecule has 1 amide bonds. The summed E-state index contributed by atoms with van der Waals surface area (Å²) in [5.74, 6) is 0.588. The maximum Gasteiger partial charge on any atom is 0.228 e. The van der Waals surface area contributed by atoms with Crippen molar-refractivity contribution in [1.29, 1.82) is 0 Å². The predicted molar refractivity (Wildman–Crippen MR) is 142 cm³/mol. The number of hydrogen-bond donors (Lipinski definition) is 2. The summed E-state index contributed by atoms with van der Waals surface area (Å²) >= 11 is 6.02. The zero-order valence-electron chi connectivity index (χ0n) is 22.2. The van der Waals surface area contributed by atoms with Crippen molar-refractivity contribution in [3.8, 4) is 0 Å². The molecule has 35 heavy (non-hydrogen) atoms. The molecule has 1 aliphatic carbocycles. The molecule has 1 heterocycles. The maximum absolute atomic E-state index is 13.8. The van der Waals surface area contributed by atoms with Gasteiger partial charge in [-0.15, -0.1) is 0 Å². The number of nitrogens with one attached hydrogen (secondary N) is 2. The minimum Gasteiger partial charge on any atom is -0.328 e. The Labute approximate surface area is 215 Å². The Bertz CT molecular complexity index is 1010. The molecular formula is C28H42ClFN4O. The first-order valence-electron chi connectivity index (χ1n) is 12.9. The SMILES string of the molecule is CCCC(CC1CCc2cc(F)c(Cl)cc2C1)C(=O)Nc1cn(C(C)(C)CNCC(C)(C)C)cn1.